The summed E-state index contributed by atoms with van der Waals surface area (Å²) < 4.78 is 0. The van der Waals surface area contributed by atoms with Crippen molar-refractivity contribution < 1.29 is 5.11 Å². The van der Waals surface area contributed by atoms with Gasteiger partial charge in [-0.2, -0.15) is 11.8 Å². The molecule has 0 aliphatic rings. The van der Waals surface area contributed by atoms with Crippen LogP contribution in [0.5, 0.6) is 5.75 Å². The smallest absolute Gasteiger partial charge is 0.117 e. The van der Waals surface area contributed by atoms with Gasteiger partial charge in [-0.25, -0.2) is 0 Å². The first-order valence-corrected chi connectivity index (χ1v) is 5.83. The summed E-state index contributed by atoms with van der Waals surface area (Å²) in [6.07, 6.45) is 2.02. The second kappa shape index (κ2) is 3.96. The van der Waals surface area contributed by atoms with Crippen molar-refractivity contribution in [2.24, 2.45) is 0 Å². The lowest BCUT2D eigenvalue weighted by Crippen LogP contribution is -1.77. The quantitative estimate of drug-likeness (QED) is 0.811. The van der Waals surface area contributed by atoms with Crippen LogP contribution in [-0.4, -0.2) is 15.8 Å². The molecule has 0 fully saturated rings. The molecule has 2 rings (SSSR count). The van der Waals surface area contributed by atoms with Crippen LogP contribution in [0.2, 0.25) is 0 Å². The molecule has 0 saturated carbocycles. The van der Waals surface area contributed by atoms with Gasteiger partial charge in [-0.3, -0.25) is 0 Å². The molecule has 0 unspecified atom stereocenters. The van der Waals surface area contributed by atoms with E-state index in [4.69, 9.17) is 0 Å². The molecule has 0 radical (unpaired) electrons. The molecule has 2 aromatic rings. The van der Waals surface area contributed by atoms with Gasteiger partial charge in [0.05, 0.1) is 0 Å². The number of hydrogen-bond acceptors (Lipinski definition) is 2. The fourth-order valence-electron chi connectivity index (χ4n) is 1.51. The standard InChI is InChI=1S/C11H13NOS/c1-2-14-7-8-6-12-11-5-9(13)3-4-10(8)11/h3-6,12-13H,2,7H2,1H3. The van der Waals surface area contributed by atoms with E-state index in [-0.39, 0.29) is 0 Å². The fourth-order valence-corrected chi connectivity index (χ4v) is 2.17. The van der Waals surface area contributed by atoms with E-state index in [1.165, 1.54) is 10.9 Å². The predicted molar refractivity (Wildman–Crippen MR) is 61.8 cm³/mol. The van der Waals surface area contributed by atoms with Crippen LogP contribution in [0.1, 0.15) is 12.5 Å². The summed E-state index contributed by atoms with van der Waals surface area (Å²) in [6, 6.07) is 5.46. The highest BCUT2D eigenvalue weighted by Gasteiger charge is 2.03. The summed E-state index contributed by atoms with van der Waals surface area (Å²) in [7, 11) is 0. The van der Waals surface area contributed by atoms with Crippen LogP contribution in [0.15, 0.2) is 24.4 Å². The van der Waals surface area contributed by atoms with Crippen molar-refractivity contribution in [2.75, 3.05) is 5.75 Å². The zero-order valence-corrected chi connectivity index (χ0v) is 8.90. The first-order valence-electron chi connectivity index (χ1n) is 4.68. The molecule has 0 aliphatic carbocycles. The number of aromatic nitrogens is 1. The van der Waals surface area contributed by atoms with Gasteiger partial charge in [0.1, 0.15) is 5.75 Å². The molecule has 74 valence electrons. The third-order valence-electron chi connectivity index (χ3n) is 2.21. The van der Waals surface area contributed by atoms with Gasteiger partial charge in [0.2, 0.25) is 0 Å². The lowest BCUT2D eigenvalue weighted by molar-refractivity contribution is 0.476. The van der Waals surface area contributed by atoms with Gasteiger partial charge in [0, 0.05) is 28.9 Å². The molecule has 0 saturated heterocycles. The summed E-state index contributed by atoms with van der Waals surface area (Å²) in [5, 5.41) is 10.5. The summed E-state index contributed by atoms with van der Waals surface area (Å²) in [5.41, 5.74) is 2.32. The van der Waals surface area contributed by atoms with Crippen molar-refractivity contribution in [1.82, 2.24) is 4.98 Å². The number of aromatic amines is 1. The molecule has 0 aliphatic heterocycles. The minimum absolute atomic E-state index is 0.314. The number of hydrogen-bond donors (Lipinski definition) is 2. The number of benzene rings is 1. The Morgan fingerprint density at radius 3 is 3.07 bits per heavy atom. The summed E-state index contributed by atoms with van der Waals surface area (Å²) in [5.74, 6) is 2.47. The third kappa shape index (κ3) is 1.73. The van der Waals surface area contributed by atoms with E-state index in [0.717, 1.165) is 17.0 Å². The Labute approximate surface area is 87.3 Å². The van der Waals surface area contributed by atoms with Crippen molar-refractivity contribution in [2.45, 2.75) is 12.7 Å². The van der Waals surface area contributed by atoms with Crippen LogP contribution in [0, 0.1) is 0 Å². The predicted octanol–water partition coefficient (Wildman–Crippen LogP) is 3.13. The maximum atomic E-state index is 9.29. The summed E-state index contributed by atoms with van der Waals surface area (Å²) in [6.45, 7) is 2.16. The van der Waals surface area contributed by atoms with E-state index in [2.05, 4.69) is 11.9 Å². The molecule has 2 nitrogen and oxygen atoms in total. The molecule has 1 aromatic carbocycles. The maximum absolute atomic E-state index is 9.29. The first-order chi connectivity index (χ1) is 6.81. The Kier molecular flexibility index (Phi) is 2.68. The number of fused-ring (bicyclic) bond motifs is 1. The van der Waals surface area contributed by atoms with E-state index in [0.29, 0.717) is 5.75 Å². The van der Waals surface area contributed by atoms with Crippen LogP contribution in [0.25, 0.3) is 10.9 Å². The fraction of sp³-hybridized carbons (Fsp3) is 0.273. The zero-order chi connectivity index (χ0) is 9.97. The number of nitrogens with one attached hydrogen (secondary N) is 1. The van der Waals surface area contributed by atoms with E-state index in [9.17, 15) is 5.11 Å². The van der Waals surface area contributed by atoms with E-state index < -0.39 is 0 Å². The molecular formula is C11H13NOS. The van der Waals surface area contributed by atoms with Crippen LogP contribution < -0.4 is 0 Å². The van der Waals surface area contributed by atoms with Crippen LogP contribution >= 0.6 is 11.8 Å². The Hall–Kier alpha value is -1.09. The lowest BCUT2D eigenvalue weighted by Gasteiger charge is -1.97. The van der Waals surface area contributed by atoms with E-state index >= 15 is 0 Å². The normalized spacial score (nSPS) is 10.9. The molecule has 3 heteroatoms. The Balaban J connectivity index is 2.37. The van der Waals surface area contributed by atoms with Crippen LogP contribution in [0.4, 0.5) is 0 Å². The maximum Gasteiger partial charge on any atom is 0.117 e. The van der Waals surface area contributed by atoms with Crippen molar-refractivity contribution in [3.63, 3.8) is 0 Å². The van der Waals surface area contributed by atoms with Gasteiger partial charge in [-0.1, -0.05) is 6.92 Å². The second-order valence-electron chi connectivity index (χ2n) is 3.18. The van der Waals surface area contributed by atoms with Crippen molar-refractivity contribution in [3.8, 4) is 5.75 Å². The average molecular weight is 207 g/mol. The van der Waals surface area contributed by atoms with Crippen LogP contribution in [-0.2, 0) is 5.75 Å². The zero-order valence-electron chi connectivity index (χ0n) is 8.08. The Morgan fingerprint density at radius 2 is 2.29 bits per heavy atom. The summed E-state index contributed by atoms with van der Waals surface area (Å²) >= 11 is 1.90. The van der Waals surface area contributed by atoms with Gasteiger partial charge in [-0.05, 0) is 23.4 Å². The average Bonchev–Trinajstić information content (AvgIpc) is 2.57. The molecular weight excluding hydrogens is 194 g/mol. The van der Waals surface area contributed by atoms with Crippen molar-refractivity contribution >= 4 is 22.7 Å². The van der Waals surface area contributed by atoms with Gasteiger partial charge in [0.15, 0.2) is 0 Å². The molecule has 0 amide bonds. The molecule has 1 heterocycles. The SMILES string of the molecule is CCSCc1c[nH]c2cc(O)ccc12. The van der Waals surface area contributed by atoms with Gasteiger partial charge in [-0.15, -0.1) is 0 Å². The van der Waals surface area contributed by atoms with Crippen molar-refractivity contribution in [1.29, 1.82) is 0 Å². The number of H-pyrrole nitrogens is 1. The van der Waals surface area contributed by atoms with Crippen LogP contribution in [0.3, 0.4) is 0 Å². The van der Waals surface area contributed by atoms with Gasteiger partial charge in [0.25, 0.3) is 0 Å². The molecule has 0 spiro atoms. The largest absolute Gasteiger partial charge is 0.508 e. The monoisotopic (exact) mass is 207 g/mol. The molecule has 0 atom stereocenters. The minimum atomic E-state index is 0.314. The Morgan fingerprint density at radius 1 is 1.43 bits per heavy atom. The van der Waals surface area contributed by atoms with Crippen molar-refractivity contribution in [3.05, 3.63) is 30.0 Å². The van der Waals surface area contributed by atoms with E-state index in [1.807, 2.05) is 24.0 Å². The number of phenols is 1. The molecule has 14 heavy (non-hydrogen) atoms. The molecule has 1 aromatic heterocycles. The highest BCUT2D eigenvalue weighted by Crippen LogP contribution is 2.25. The molecule has 2 N–H and O–H groups in total. The Bertz CT molecular complexity index is 436. The second-order valence-corrected chi connectivity index (χ2v) is 4.46. The first kappa shape index (κ1) is 9.46. The topological polar surface area (TPSA) is 36.0 Å². The highest BCUT2D eigenvalue weighted by atomic mass is 32.2. The molecule has 0 bridgehead atoms. The minimum Gasteiger partial charge on any atom is -0.508 e. The summed E-state index contributed by atoms with van der Waals surface area (Å²) in [4.78, 5) is 3.16. The lowest BCUT2D eigenvalue weighted by atomic mass is 10.2. The number of aromatic hydroxyl groups is 1. The van der Waals surface area contributed by atoms with E-state index in [1.54, 1.807) is 12.1 Å². The highest BCUT2D eigenvalue weighted by molar-refractivity contribution is 7.98. The van der Waals surface area contributed by atoms with Gasteiger partial charge < -0.3 is 10.1 Å². The number of thioether (sulfide) groups is 1. The third-order valence-corrected chi connectivity index (χ3v) is 3.14. The number of phenolic OH excluding ortho intramolecular Hbond substituents is 1. The number of rotatable bonds is 3. The van der Waals surface area contributed by atoms with Gasteiger partial charge >= 0.3 is 0 Å².